The zero-order chi connectivity index (χ0) is 78.5. The number of unbranched alkanes of at least 4 members (excludes halogenated alkanes) is 57. The van der Waals surface area contributed by atoms with Crippen molar-refractivity contribution in [2.75, 3.05) is 39.6 Å². The zero-order valence-corrected chi connectivity index (χ0v) is 72.2. The Hall–Kier alpha value is -1.94. The van der Waals surface area contributed by atoms with Crippen LogP contribution in [0.25, 0.3) is 0 Å². The molecule has 0 heterocycles. The Morgan fingerprint density at radius 1 is 0.252 bits per heavy atom. The second-order valence-electron chi connectivity index (χ2n) is 32.6. The Morgan fingerprint density at radius 3 is 0.636 bits per heavy atom. The van der Waals surface area contributed by atoms with Crippen LogP contribution in [0.3, 0.4) is 0 Å². The van der Waals surface area contributed by atoms with E-state index in [0.717, 1.165) is 102 Å². The summed E-state index contributed by atoms with van der Waals surface area (Å²) in [6, 6.07) is 0. The first-order valence-electron chi connectivity index (χ1n) is 45.5. The summed E-state index contributed by atoms with van der Waals surface area (Å²) in [5, 5.41) is 10.7. The molecular weight excluding hydrogens is 1390 g/mol. The highest BCUT2D eigenvalue weighted by Gasteiger charge is 2.30. The average molecular weight is 1560 g/mol. The minimum atomic E-state index is -4.97. The molecule has 0 aliphatic carbocycles. The Labute approximate surface area is 658 Å². The number of phosphoric ester groups is 2. The fraction of sp³-hybridized carbons (Fsp3) is 0.955. The largest absolute Gasteiger partial charge is 0.472 e. The number of phosphoric acid groups is 2. The predicted octanol–water partition coefficient (Wildman–Crippen LogP) is 27.0. The molecule has 0 rings (SSSR count). The first-order chi connectivity index (χ1) is 51.9. The van der Waals surface area contributed by atoms with Gasteiger partial charge in [0.05, 0.1) is 26.4 Å². The van der Waals surface area contributed by atoms with Crippen molar-refractivity contribution >= 4 is 39.5 Å². The molecule has 0 spiro atoms. The normalized spacial score (nSPS) is 13.8. The molecule has 0 aromatic heterocycles. The van der Waals surface area contributed by atoms with Crippen molar-refractivity contribution in [3.05, 3.63) is 0 Å². The number of carbonyl (C=O) groups is 4. The summed E-state index contributed by atoms with van der Waals surface area (Å²) in [5.41, 5.74) is 0. The highest BCUT2D eigenvalue weighted by Crippen LogP contribution is 2.45. The number of aliphatic hydroxyl groups excluding tert-OH is 1. The number of aliphatic hydroxyl groups is 1. The molecule has 19 heteroatoms. The lowest BCUT2D eigenvalue weighted by Crippen LogP contribution is -2.30. The number of carbonyl (C=O) groups excluding carboxylic acids is 4. The molecule has 0 aliphatic heterocycles. The van der Waals surface area contributed by atoms with Gasteiger partial charge in [-0.25, -0.2) is 9.13 Å². The maximum atomic E-state index is 13.2. The molecule has 636 valence electrons. The van der Waals surface area contributed by atoms with Crippen LogP contribution in [0.1, 0.15) is 472 Å². The van der Waals surface area contributed by atoms with Gasteiger partial charge in [-0.1, -0.05) is 420 Å². The molecule has 0 fully saturated rings. The molecule has 0 saturated carbocycles. The average Bonchev–Trinajstić information content (AvgIpc) is 0.896. The number of esters is 4. The Morgan fingerprint density at radius 2 is 0.430 bits per heavy atom. The third-order valence-electron chi connectivity index (χ3n) is 20.7. The van der Waals surface area contributed by atoms with Gasteiger partial charge in [-0.05, 0) is 37.5 Å². The monoisotopic (exact) mass is 1560 g/mol. The molecule has 107 heavy (non-hydrogen) atoms. The molecule has 5 atom stereocenters. The summed E-state index contributed by atoms with van der Waals surface area (Å²) < 4.78 is 69.0. The van der Waals surface area contributed by atoms with E-state index in [9.17, 15) is 43.2 Å². The van der Waals surface area contributed by atoms with Crippen LogP contribution < -0.4 is 0 Å². The van der Waals surface area contributed by atoms with Crippen LogP contribution >= 0.6 is 15.6 Å². The summed E-state index contributed by atoms with van der Waals surface area (Å²) in [6.45, 7) is 9.76. The van der Waals surface area contributed by atoms with Gasteiger partial charge in [-0.2, -0.15) is 0 Å². The van der Waals surface area contributed by atoms with Crippen molar-refractivity contribution < 1.29 is 80.2 Å². The van der Waals surface area contributed by atoms with E-state index in [4.69, 9.17) is 37.0 Å². The van der Waals surface area contributed by atoms with E-state index >= 15 is 0 Å². The second-order valence-corrected chi connectivity index (χ2v) is 35.5. The lowest BCUT2D eigenvalue weighted by Gasteiger charge is -2.21. The van der Waals surface area contributed by atoms with Crippen LogP contribution in [-0.4, -0.2) is 96.7 Å². The lowest BCUT2D eigenvalue weighted by atomic mass is 10.0. The van der Waals surface area contributed by atoms with Gasteiger partial charge in [-0.3, -0.25) is 37.3 Å². The summed E-state index contributed by atoms with van der Waals surface area (Å²) in [4.78, 5) is 73.3. The summed E-state index contributed by atoms with van der Waals surface area (Å²) in [6.07, 6.45) is 72.1. The SMILES string of the molecule is CCCCCCCCCCCCCCCCC(=O)O[C@H](COC(=O)CCCCCCCCCCCCCCC)COP(=O)(O)OC[C@H](O)COP(=O)(O)OC[C@@H](COC(=O)CCCCCCCCCCCCCCCCCCC(C)C)OC(=O)CCCCCCCCCCCCCCCCCCCCC(C)C. The van der Waals surface area contributed by atoms with Crippen molar-refractivity contribution in [2.45, 2.75) is 490 Å². The van der Waals surface area contributed by atoms with Crippen LogP contribution in [0.2, 0.25) is 0 Å². The smallest absolute Gasteiger partial charge is 0.462 e. The molecule has 2 unspecified atom stereocenters. The number of rotatable bonds is 87. The van der Waals surface area contributed by atoms with E-state index in [-0.39, 0.29) is 25.7 Å². The molecule has 3 N–H and O–H groups in total. The third kappa shape index (κ3) is 81.9. The maximum Gasteiger partial charge on any atom is 0.472 e. The van der Waals surface area contributed by atoms with E-state index < -0.39 is 97.5 Å². The Balaban J connectivity index is 5.25. The van der Waals surface area contributed by atoms with Crippen molar-refractivity contribution in [1.29, 1.82) is 0 Å². The first-order valence-corrected chi connectivity index (χ1v) is 48.5. The van der Waals surface area contributed by atoms with E-state index in [1.165, 1.54) is 289 Å². The topological polar surface area (TPSA) is 237 Å². The fourth-order valence-electron chi connectivity index (χ4n) is 13.8. The van der Waals surface area contributed by atoms with E-state index in [0.29, 0.717) is 25.7 Å². The van der Waals surface area contributed by atoms with Crippen LogP contribution in [0.5, 0.6) is 0 Å². The van der Waals surface area contributed by atoms with Crippen molar-refractivity contribution in [3.8, 4) is 0 Å². The van der Waals surface area contributed by atoms with Gasteiger partial charge in [0.1, 0.15) is 19.3 Å². The maximum absolute atomic E-state index is 13.2. The van der Waals surface area contributed by atoms with Crippen LogP contribution in [-0.2, 0) is 65.4 Å². The number of hydrogen-bond donors (Lipinski definition) is 3. The van der Waals surface area contributed by atoms with Crippen LogP contribution in [0, 0.1) is 11.8 Å². The second kappa shape index (κ2) is 79.3. The quantitative estimate of drug-likeness (QED) is 0.0222. The van der Waals surface area contributed by atoms with Crippen LogP contribution in [0.4, 0.5) is 0 Å². The highest BCUT2D eigenvalue weighted by atomic mass is 31.2. The van der Waals surface area contributed by atoms with Gasteiger partial charge < -0.3 is 33.8 Å². The van der Waals surface area contributed by atoms with E-state index in [1.54, 1.807) is 0 Å². The summed E-state index contributed by atoms with van der Waals surface area (Å²) in [7, 11) is -9.93. The van der Waals surface area contributed by atoms with Crippen molar-refractivity contribution in [3.63, 3.8) is 0 Å². The third-order valence-corrected chi connectivity index (χ3v) is 22.6. The van der Waals surface area contributed by atoms with Crippen molar-refractivity contribution in [2.24, 2.45) is 11.8 Å². The van der Waals surface area contributed by atoms with Crippen LogP contribution in [0.15, 0.2) is 0 Å². The summed E-state index contributed by atoms with van der Waals surface area (Å²) in [5.74, 6) is -0.463. The lowest BCUT2D eigenvalue weighted by molar-refractivity contribution is -0.161. The van der Waals surface area contributed by atoms with Gasteiger partial charge in [0, 0.05) is 25.7 Å². The molecule has 0 radical (unpaired) electrons. The number of hydrogen-bond acceptors (Lipinski definition) is 15. The summed E-state index contributed by atoms with van der Waals surface area (Å²) >= 11 is 0. The molecule has 0 bridgehead atoms. The minimum Gasteiger partial charge on any atom is -0.462 e. The van der Waals surface area contributed by atoms with Gasteiger partial charge in [0.25, 0.3) is 0 Å². The zero-order valence-electron chi connectivity index (χ0n) is 70.5. The van der Waals surface area contributed by atoms with E-state index in [2.05, 4.69) is 41.5 Å². The Bertz CT molecular complexity index is 2050. The van der Waals surface area contributed by atoms with Gasteiger partial charge in [0.2, 0.25) is 0 Å². The molecule has 0 aliphatic rings. The highest BCUT2D eigenvalue weighted by molar-refractivity contribution is 7.47. The van der Waals surface area contributed by atoms with Gasteiger partial charge in [-0.15, -0.1) is 0 Å². The molecule has 0 saturated heterocycles. The molecule has 0 aromatic rings. The standard InChI is InChI=1S/C88H172O17P2/c1-7-9-11-13-15-17-19-21-35-42-48-54-60-66-72-87(92)104-83(76-98-85(90)70-64-58-52-46-40-32-20-18-16-14-12-10-8-2)78-102-106(94,95)100-74-82(89)75-101-107(96,97)103-79-84(77-99-86(91)71-65-59-53-47-41-36-30-27-26-29-34-39-45-51-57-63-69-81(5)6)105-88(93)73-67-61-55-49-43-37-31-25-23-22-24-28-33-38-44-50-56-62-68-80(3)4/h80-84,89H,7-79H2,1-6H3,(H,94,95)(H,96,97)/t82-,83+,84+/m0/s1. The fourth-order valence-corrected chi connectivity index (χ4v) is 15.4. The van der Waals surface area contributed by atoms with Gasteiger partial charge in [0.15, 0.2) is 12.2 Å². The van der Waals surface area contributed by atoms with E-state index in [1.807, 2.05) is 0 Å². The number of ether oxygens (including phenoxy) is 4. The van der Waals surface area contributed by atoms with Crippen molar-refractivity contribution in [1.82, 2.24) is 0 Å². The predicted molar refractivity (Wildman–Crippen MR) is 442 cm³/mol. The first kappa shape index (κ1) is 105. The van der Waals surface area contributed by atoms with Gasteiger partial charge >= 0.3 is 39.5 Å². The molecule has 17 nitrogen and oxygen atoms in total. The Kier molecular flexibility index (Phi) is 77.9. The molecule has 0 amide bonds. The minimum absolute atomic E-state index is 0.109. The molecule has 0 aromatic carbocycles. The molecular formula is C88H172O17P2.